The number of rotatable bonds is 2. The number of para-hydroxylation sites is 1. The SMILES string of the molecule is O=C(c1ccco1)N1CCCC[C@H]1c1nc2ccccc2s1. The molecular formula is C17H16N2O2S. The van der Waals surface area contributed by atoms with Crippen LogP contribution in [-0.2, 0) is 0 Å². The molecule has 0 aliphatic carbocycles. The van der Waals surface area contributed by atoms with Gasteiger partial charge in [-0.15, -0.1) is 11.3 Å². The van der Waals surface area contributed by atoms with Crippen LogP contribution in [0.15, 0.2) is 47.1 Å². The molecule has 1 aliphatic rings. The molecule has 112 valence electrons. The van der Waals surface area contributed by atoms with E-state index >= 15 is 0 Å². The van der Waals surface area contributed by atoms with Gasteiger partial charge in [-0.05, 0) is 43.5 Å². The van der Waals surface area contributed by atoms with Crippen molar-refractivity contribution >= 4 is 27.5 Å². The fourth-order valence-corrected chi connectivity index (χ4v) is 4.12. The lowest BCUT2D eigenvalue weighted by atomic mass is 10.0. The number of piperidine rings is 1. The number of hydrogen-bond donors (Lipinski definition) is 0. The fourth-order valence-electron chi connectivity index (χ4n) is 3.01. The van der Waals surface area contributed by atoms with E-state index in [2.05, 4.69) is 6.07 Å². The zero-order chi connectivity index (χ0) is 14.9. The van der Waals surface area contributed by atoms with E-state index in [0.29, 0.717) is 5.76 Å². The maximum Gasteiger partial charge on any atom is 0.290 e. The molecule has 5 heteroatoms. The Hall–Kier alpha value is -2.14. The third kappa shape index (κ3) is 2.31. The van der Waals surface area contributed by atoms with Gasteiger partial charge >= 0.3 is 0 Å². The predicted molar refractivity (Wildman–Crippen MR) is 86.0 cm³/mol. The number of hydrogen-bond acceptors (Lipinski definition) is 4. The third-order valence-electron chi connectivity index (χ3n) is 4.09. The quantitative estimate of drug-likeness (QED) is 0.710. The second-order valence-corrected chi connectivity index (χ2v) is 6.57. The van der Waals surface area contributed by atoms with Gasteiger partial charge < -0.3 is 9.32 Å². The molecule has 4 rings (SSSR count). The summed E-state index contributed by atoms with van der Waals surface area (Å²) in [6, 6.07) is 11.7. The van der Waals surface area contributed by atoms with Gasteiger partial charge in [-0.25, -0.2) is 4.98 Å². The minimum atomic E-state index is -0.0334. The molecule has 0 radical (unpaired) electrons. The van der Waals surface area contributed by atoms with Crippen molar-refractivity contribution in [2.24, 2.45) is 0 Å². The highest BCUT2D eigenvalue weighted by Gasteiger charge is 2.31. The number of aromatic nitrogens is 1. The molecule has 1 atom stereocenters. The molecule has 0 N–H and O–H groups in total. The summed E-state index contributed by atoms with van der Waals surface area (Å²) in [6.07, 6.45) is 4.67. The number of carbonyl (C=O) groups excluding carboxylic acids is 1. The van der Waals surface area contributed by atoms with Crippen LogP contribution in [0, 0.1) is 0 Å². The average Bonchev–Trinajstić information content (AvgIpc) is 3.23. The summed E-state index contributed by atoms with van der Waals surface area (Å²) in [4.78, 5) is 19.3. The molecule has 1 aromatic carbocycles. The standard InChI is InChI=1S/C17H16N2O2S/c20-17(14-8-5-11-21-14)19-10-4-3-7-13(19)16-18-12-6-1-2-9-15(12)22-16/h1-2,5-6,8-9,11,13H,3-4,7,10H2/t13-/m0/s1. The second-order valence-electron chi connectivity index (χ2n) is 5.51. The highest BCUT2D eigenvalue weighted by atomic mass is 32.1. The minimum Gasteiger partial charge on any atom is -0.459 e. The molecule has 0 unspecified atom stereocenters. The summed E-state index contributed by atoms with van der Waals surface area (Å²) in [7, 11) is 0. The van der Waals surface area contributed by atoms with Crippen LogP contribution in [0.5, 0.6) is 0 Å². The van der Waals surface area contributed by atoms with E-state index in [-0.39, 0.29) is 11.9 Å². The van der Waals surface area contributed by atoms with E-state index in [1.807, 2.05) is 23.1 Å². The average molecular weight is 312 g/mol. The lowest BCUT2D eigenvalue weighted by molar-refractivity contribution is 0.0579. The summed E-state index contributed by atoms with van der Waals surface area (Å²) >= 11 is 1.69. The summed E-state index contributed by atoms with van der Waals surface area (Å²) in [5, 5.41) is 1.03. The van der Waals surface area contributed by atoms with Crippen LogP contribution in [-0.4, -0.2) is 22.3 Å². The molecule has 3 heterocycles. The number of furan rings is 1. The van der Waals surface area contributed by atoms with Crippen LogP contribution in [0.4, 0.5) is 0 Å². The summed E-state index contributed by atoms with van der Waals surface area (Å²) in [6.45, 7) is 0.764. The van der Waals surface area contributed by atoms with Gasteiger partial charge in [0.05, 0.1) is 22.5 Å². The van der Waals surface area contributed by atoms with E-state index in [1.165, 1.54) is 4.70 Å². The molecule has 4 nitrogen and oxygen atoms in total. The van der Waals surface area contributed by atoms with Gasteiger partial charge in [-0.2, -0.15) is 0 Å². The lowest BCUT2D eigenvalue weighted by Gasteiger charge is -2.33. The Labute approximate surface area is 132 Å². The first-order valence-electron chi connectivity index (χ1n) is 7.53. The van der Waals surface area contributed by atoms with Crippen molar-refractivity contribution in [1.29, 1.82) is 0 Å². The predicted octanol–water partition coefficient (Wildman–Crippen LogP) is 4.26. The van der Waals surface area contributed by atoms with Crippen LogP contribution in [0.3, 0.4) is 0 Å². The summed E-state index contributed by atoms with van der Waals surface area (Å²) < 4.78 is 6.46. The Morgan fingerprint density at radius 1 is 1.23 bits per heavy atom. The van der Waals surface area contributed by atoms with Crippen molar-refractivity contribution in [2.75, 3.05) is 6.54 Å². The van der Waals surface area contributed by atoms with E-state index in [9.17, 15) is 4.79 Å². The molecule has 2 aromatic heterocycles. The Balaban J connectivity index is 1.69. The third-order valence-corrected chi connectivity index (χ3v) is 5.23. The van der Waals surface area contributed by atoms with Crippen molar-refractivity contribution in [3.8, 4) is 0 Å². The zero-order valence-corrected chi connectivity index (χ0v) is 12.9. The first kappa shape index (κ1) is 13.5. The van der Waals surface area contributed by atoms with E-state index in [1.54, 1.807) is 29.7 Å². The number of benzene rings is 1. The zero-order valence-electron chi connectivity index (χ0n) is 12.1. The van der Waals surface area contributed by atoms with E-state index in [0.717, 1.165) is 36.3 Å². The Morgan fingerprint density at radius 3 is 2.95 bits per heavy atom. The molecule has 1 aliphatic heterocycles. The lowest BCUT2D eigenvalue weighted by Crippen LogP contribution is -2.38. The van der Waals surface area contributed by atoms with Gasteiger partial charge in [0, 0.05) is 6.54 Å². The number of carbonyl (C=O) groups is 1. The molecule has 1 saturated heterocycles. The van der Waals surface area contributed by atoms with Crippen LogP contribution in [0.25, 0.3) is 10.2 Å². The summed E-state index contributed by atoms with van der Waals surface area (Å²) in [5.74, 6) is 0.377. The molecule has 22 heavy (non-hydrogen) atoms. The number of likely N-dealkylation sites (tertiary alicyclic amines) is 1. The van der Waals surface area contributed by atoms with Crippen molar-refractivity contribution in [3.05, 3.63) is 53.4 Å². The Morgan fingerprint density at radius 2 is 2.14 bits per heavy atom. The Bertz CT molecular complexity index is 761. The van der Waals surface area contributed by atoms with Crippen molar-refractivity contribution < 1.29 is 9.21 Å². The van der Waals surface area contributed by atoms with E-state index in [4.69, 9.17) is 9.40 Å². The largest absolute Gasteiger partial charge is 0.459 e. The molecule has 3 aromatic rings. The van der Waals surface area contributed by atoms with Crippen LogP contribution in [0.2, 0.25) is 0 Å². The molecule has 0 saturated carbocycles. The molecule has 0 spiro atoms. The number of thiazole rings is 1. The first-order chi connectivity index (χ1) is 10.8. The van der Waals surface area contributed by atoms with Crippen LogP contribution in [0.1, 0.15) is 40.9 Å². The van der Waals surface area contributed by atoms with Gasteiger partial charge in [0.25, 0.3) is 5.91 Å². The topological polar surface area (TPSA) is 46.3 Å². The highest BCUT2D eigenvalue weighted by molar-refractivity contribution is 7.18. The normalized spacial score (nSPS) is 18.7. The molecule has 1 amide bonds. The van der Waals surface area contributed by atoms with Gasteiger partial charge in [-0.3, -0.25) is 4.79 Å². The molecule has 1 fully saturated rings. The number of fused-ring (bicyclic) bond motifs is 1. The Kier molecular flexibility index (Phi) is 3.42. The first-order valence-corrected chi connectivity index (χ1v) is 8.34. The van der Waals surface area contributed by atoms with Gasteiger partial charge in [-0.1, -0.05) is 12.1 Å². The second kappa shape index (κ2) is 5.57. The number of nitrogens with zero attached hydrogens (tertiary/aromatic N) is 2. The van der Waals surface area contributed by atoms with Crippen LogP contribution >= 0.6 is 11.3 Å². The van der Waals surface area contributed by atoms with Crippen molar-refractivity contribution in [3.63, 3.8) is 0 Å². The van der Waals surface area contributed by atoms with E-state index < -0.39 is 0 Å². The highest BCUT2D eigenvalue weighted by Crippen LogP contribution is 2.36. The fraction of sp³-hybridized carbons (Fsp3) is 0.294. The maximum absolute atomic E-state index is 12.7. The molecular weight excluding hydrogens is 296 g/mol. The smallest absolute Gasteiger partial charge is 0.290 e. The van der Waals surface area contributed by atoms with Gasteiger partial charge in [0.15, 0.2) is 5.76 Å². The van der Waals surface area contributed by atoms with Crippen LogP contribution < -0.4 is 0 Å². The van der Waals surface area contributed by atoms with Gasteiger partial charge in [0.1, 0.15) is 5.01 Å². The van der Waals surface area contributed by atoms with Gasteiger partial charge in [0.2, 0.25) is 0 Å². The molecule has 0 bridgehead atoms. The minimum absolute atomic E-state index is 0.0334. The van der Waals surface area contributed by atoms with Crippen molar-refractivity contribution in [2.45, 2.75) is 25.3 Å². The monoisotopic (exact) mass is 312 g/mol. The summed E-state index contributed by atoms with van der Waals surface area (Å²) in [5.41, 5.74) is 1.01. The number of amides is 1. The maximum atomic E-state index is 12.7. The van der Waals surface area contributed by atoms with Crippen molar-refractivity contribution in [1.82, 2.24) is 9.88 Å².